The molecule has 3 N–H and O–H groups in total. The first-order valence-corrected chi connectivity index (χ1v) is 7.63. The molecule has 1 unspecified atom stereocenters. The van der Waals surface area contributed by atoms with Gasteiger partial charge in [-0.2, -0.15) is 5.10 Å². The van der Waals surface area contributed by atoms with Gasteiger partial charge < -0.3 is 10.6 Å². The second-order valence-electron chi connectivity index (χ2n) is 5.34. The first-order valence-electron chi connectivity index (χ1n) is 7.63. The zero-order chi connectivity index (χ0) is 14.7. The van der Waals surface area contributed by atoms with E-state index in [9.17, 15) is 0 Å². The van der Waals surface area contributed by atoms with Gasteiger partial charge in [0.15, 0.2) is 5.82 Å². The standard InChI is InChI=1S/C15H25N5/c1-4-10-8-7-9-20(10)15-13(14(16)17)11(5-2)12(6-3)18-19-15/h10H,4-9H2,1-3H3,(H3,16,17). The molecule has 1 aliphatic rings. The van der Waals surface area contributed by atoms with E-state index in [0.717, 1.165) is 48.4 Å². The Hall–Kier alpha value is -1.65. The number of aromatic nitrogens is 2. The molecule has 0 bridgehead atoms. The summed E-state index contributed by atoms with van der Waals surface area (Å²) in [5, 5.41) is 16.8. The van der Waals surface area contributed by atoms with Gasteiger partial charge in [-0.25, -0.2) is 0 Å². The summed E-state index contributed by atoms with van der Waals surface area (Å²) >= 11 is 0. The zero-order valence-electron chi connectivity index (χ0n) is 12.7. The molecule has 20 heavy (non-hydrogen) atoms. The molecule has 0 amide bonds. The minimum absolute atomic E-state index is 0.114. The molecule has 1 aromatic rings. The van der Waals surface area contributed by atoms with Crippen molar-refractivity contribution in [3.8, 4) is 0 Å². The topological polar surface area (TPSA) is 78.9 Å². The van der Waals surface area contributed by atoms with Gasteiger partial charge in [0, 0.05) is 12.6 Å². The monoisotopic (exact) mass is 275 g/mol. The minimum atomic E-state index is 0.114. The van der Waals surface area contributed by atoms with Gasteiger partial charge >= 0.3 is 0 Å². The van der Waals surface area contributed by atoms with Crippen LogP contribution in [0.1, 0.15) is 56.9 Å². The van der Waals surface area contributed by atoms with Crippen LogP contribution >= 0.6 is 0 Å². The van der Waals surface area contributed by atoms with Crippen molar-refractivity contribution in [3.05, 3.63) is 16.8 Å². The SMILES string of the molecule is CCc1nnc(N2CCCC2CC)c(C(=N)N)c1CC. The molecule has 2 heterocycles. The van der Waals surface area contributed by atoms with E-state index in [1.165, 1.54) is 12.8 Å². The van der Waals surface area contributed by atoms with Crippen molar-refractivity contribution < 1.29 is 0 Å². The molecule has 1 aliphatic heterocycles. The molecule has 110 valence electrons. The fourth-order valence-electron chi connectivity index (χ4n) is 3.19. The number of anilines is 1. The maximum atomic E-state index is 7.96. The Morgan fingerprint density at radius 1 is 1.30 bits per heavy atom. The van der Waals surface area contributed by atoms with Gasteiger partial charge in [0.25, 0.3) is 0 Å². The Morgan fingerprint density at radius 3 is 2.60 bits per heavy atom. The Labute approximate surface area is 121 Å². The Bertz CT molecular complexity index is 497. The first kappa shape index (κ1) is 14.8. The largest absolute Gasteiger partial charge is 0.384 e. The smallest absolute Gasteiger partial charge is 0.162 e. The third-order valence-electron chi connectivity index (χ3n) is 4.22. The fourth-order valence-corrected chi connectivity index (χ4v) is 3.19. The molecule has 5 nitrogen and oxygen atoms in total. The Morgan fingerprint density at radius 2 is 2.05 bits per heavy atom. The average Bonchev–Trinajstić information content (AvgIpc) is 2.93. The molecule has 0 aromatic carbocycles. The lowest BCUT2D eigenvalue weighted by Crippen LogP contribution is -2.33. The second kappa shape index (κ2) is 6.20. The average molecular weight is 275 g/mol. The maximum absolute atomic E-state index is 7.96. The lowest BCUT2D eigenvalue weighted by molar-refractivity contribution is 0.635. The van der Waals surface area contributed by atoms with Crippen LogP contribution in [0.4, 0.5) is 5.82 Å². The van der Waals surface area contributed by atoms with Gasteiger partial charge in [-0.05, 0) is 37.7 Å². The highest BCUT2D eigenvalue weighted by atomic mass is 15.3. The molecule has 1 saturated heterocycles. The van der Waals surface area contributed by atoms with Crippen LogP contribution in [0.3, 0.4) is 0 Å². The van der Waals surface area contributed by atoms with Crippen molar-refractivity contribution in [1.29, 1.82) is 5.41 Å². The second-order valence-corrected chi connectivity index (χ2v) is 5.34. The maximum Gasteiger partial charge on any atom is 0.162 e. The predicted molar refractivity (Wildman–Crippen MR) is 82.5 cm³/mol. The van der Waals surface area contributed by atoms with Crippen LogP contribution < -0.4 is 10.6 Å². The number of amidine groups is 1. The summed E-state index contributed by atoms with van der Waals surface area (Å²) in [6.45, 7) is 7.35. The number of nitrogens with one attached hydrogen (secondary N) is 1. The van der Waals surface area contributed by atoms with Crippen LogP contribution in [0.15, 0.2) is 0 Å². The van der Waals surface area contributed by atoms with Crippen LogP contribution in [-0.4, -0.2) is 28.6 Å². The summed E-state index contributed by atoms with van der Waals surface area (Å²) in [5.74, 6) is 0.930. The fraction of sp³-hybridized carbons (Fsp3) is 0.667. The van der Waals surface area contributed by atoms with E-state index in [2.05, 4.69) is 35.9 Å². The number of hydrogen-bond donors (Lipinski definition) is 2. The predicted octanol–water partition coefficient (Wildman–Crippen LogP) is 2.26. The van der Waals surface area contributed by atoms with Gasteiger partial charge in [-0.1, -0.05) is 20.8 Å². The molecule has 1 aromatic heterocycles. The van der Waals surface area contributed by atoms with E-state index in [1.54, 1.807) is 0 Å². The van der Waals surface area contributed by atoms with Crippen molar-refractivity contribution >= 4 is 11.7 Å². The number of nitrogens with zero attached hydrogens (tertiary/aromatic N) is 3. The van der Waals surface area contributed by atoms with E-state index in [1.807, 2.05) is 0 Å². The molecular formula is C15H25N5. The summed E-state index contributed by atoms with van der Waals surface area (Å²) in [6, 6.07) is 0.500. The van der Waals surface area contributed by atoms with E-state index >= 15 is 0 Å². The van der Waals surface area contributed by atoms with Gasteiger partial charge in [-0.3, -0.25) is 5.41 Å². The Balaban J connectivity index is 2.55. The Kier molecular flexibility index (Phi) is 4.57. The van der Waals surface area contributed by atoms with Crippen LogP contribution in [0.25, 0.3) is 0 Å². The van der Waals surface area contributed by atoms with Gasteiger partial charge in [0.2, 0.25) is 0 Å². The third kappa shape index (κ3) is 2.49. The molecule has 0 saturated carbocycles. The van der Waals surface area contributed by atoms with Crippen molar-refractivity contribution in [1.82, 2.24) is 10.2 Å². The quantitative estimate of drug-likeness (QED) is 0.638. The van der Waals surface area contributed by atoms with Crippen molar-refractivity contribution in [2.24, 2.45) is 5.73 Å². The summed E-state index contributed by atoms with van der Waals surface area (Å²) in [5.41, 5.74) is 8.72. The number of rotatable bonds is 5. The highest BCUT2D eigenvalue weighted by Gasteiger charge is 2.29. The molecule has 0 spiro atoms. The molecule has 2 rings (SSSR count). The molecule has 1 fully saturated rings. The number of hydrogen-bond acceptors (Lipinski definition) is 4. The molecule has 0 aliphatic carbocycles. The lowest BCUT2D eigenvalue weighted by atomic mass is 10.0. The van der Waals surface area contributed by atoms with Gasteiger partial charge in [-0.15, -0.1) is 5.10 Å². The van der Waals surface area contributed by atoms with Crippen molar-refractivity contribution in [3.63, 3.8) is 0 Å². The highest BCUT2D eigenvalue weighted by Crippen LogP contribution is 2.30. The minimum Gasteiger partial charge on any atom is -0.384 e. The van der Waals surface area contributed by atoms with Crippen molar-refractivity contribution in [2.75, 3.05) is 11.4 Å². The zero-order valence-corrected chi connectivity index (χ0v) is 12.7. The van der Waals surface area contributed by atoms with E-state index in [0.29, 0.717) is 6.04 Å². The van der Waals surface area contributed by atoms with Crippen LogP contribution in [0, 0.1) is 5.41 Å². The van der Waals surface area contributed by atoms with Crippen molar-refractivity contribution in [2.45, 2.75) is 58.9 Å². The summed E-state index contributed by atoms with van der Waals surface area (Å²) in [4.78, 5) is 2.29. The molecular weight excluding hydrogens is 250 g/mol. The van der Waals surface area contributed by atoms with Gasteiger partial charge in [0.05, 0.1) is 11.3 Å². The number of nitrogen functional groups attached to an aromatic ring is 1. The van der Waals surface area contributed by atoms with Crippen LogP contribution in [-0.2, 0) is 12.8 Å². The summed E-state index contributed by atoms with van der Waals surface area (Å²) in [7, 11) is 0. The van der Waals surface area contributed by atoms with Crippen LogP contribution in [0.2, 0.25) is 0 Å². The third-order valence-corrected chi connectivity index (χ3v) is 4.22. The molecule has 5 heteroatoms. The number of aryl methyl sites for hydroxylation is 1. The summed E-state index contributed by atoms with van der Waals surface area (Å²) in [6.07, 6.45) is 5.12. The van der Waals surface area contributed by atoms with Gasteiger partial charge in [0.1, 0.15) is 5.84 Å². The lowest BCUT2D eigenvalue weighted by Gasteiger charge is -2.27. The first-order chi connectivity index (χ1) is 9.63. The molecule has 0 radical (unpaired) electrons. The van der Waals surface area contributed by atoms with Crippen LogP contribution in [0.5, 0.6) is 0 Å². The number of nitrogens with two attached hydrogens (primary N) is 1. The normalized spacial score (nSPS) is 18.6. The van der Waals surface area contributed by atoms with E-state index < -0.39 is 0 Å². The summed E-state index contributed by atoms with van der Waals surface area (Å²) < 4.78 is 0. The van der Waals surface area contributed by atoms with E-state index in [-0.39, 0.29) is 5.84 Å². The molecule has 1 atom stereocenters. The van der Waals surface area contributed by atoms with E-state index in [4.69, 9.17) is 11.1 Å². The highest BCUT2D eigenvalue weighted by molar-refractivity contribution is 6.01.